The first-order valence-electron chi connectivity index (χ1n) is 6.02. The van der Waals surface area contributed by atoms with Gasteiger partial charge < -0.3 is 11.1 Å². The van der Waals surface area contributed by atoms with Crippen molar-refractivity contribution in [2.75, 3.05) is 5.73 Å². The minimum Gasteiger partial charge on any atom is -0.384 e. The fraction of sp³-hybridized carbons (Fsp3) is 0.143. The molecule has 0 saturated heterocycles. The molecule has 0 fully saturated rings. The van der Waals surface area contributed by atoms with Crippen LogP contribution in [0.5, 0.6) is 0 Å². The van der Waals surface area contributed by atoms with Crippen molar-refractivity contribution in [2.45, 2.75) is 12.7 Å². The van der Waals surface area contributed by atoms with Crippen LogP contribution in [-0.4, -0.2) is 10.9 Å². The number of carbonyl (C=O) groups is 1. The predicted octanol–water partition coefficient (Wildman–Crippen LogP) is 2.61. The smallest absolute Gasteiger partial charge is 0.384 e. The highest BCUT2D eigenvalue weighted by Crippen LogP contribution is 2.29. The standard InChI is InChI=1S/C14H12F3N3O/c15-14(16,17)11-3-1-2-9(6-11)8-20-13(21)10-4-5-19-12(18)7-10/h1-7H,8H2,(H2,18,19)(H,20,21). The Morgan fingerprint density at radius 3 is 2.67 bits per heavy atom. The van der Waals surface area contributed by atoms with Gasteiger partial charge in [0.15, 0.2) is 0 Å². The van der Waals surface area contributed by atoms with Crippen molar-refractivity contribution in [3.05, 3.63) is 59.3 Å². The molecule has 1 aromatic heterocycles. The third-order valence-electron chi connectivity index (χ3n) is 2.75. The number of rotatable bonds is 3. The Hall–Kier alpha value is -2.57. The van der Waals surface area contributed by atoms with E-state index in [1.54, 1.807) is 0 Å². The van der Waals surface area contributed by atoms with Crippen LogP contribution in [0.25, 0.3) is 0 Å². The number of hydrogen-bond acceptors (Lipinski definition) is 3. The lowest BCUT2D eigenvalue weighted by Gasteiger charge is -2.09. The Labute approximate surface area is 118 Å². The number of aromatic nitrogens is 1. The number of nitrogens with one attached hydrogen (secondary N) is 1. The molecule has 0 saturated carbocycles. The molecule has 4 nitrogen and oxygen atoms in total. The van der Waals surface area contributed by atoms with E-state index in [2.05, 4.69) is 10.3 Å². The summed E-state index contributed by atoms with van der Waals surface area (Å²) in [5.74, 6) is -0.233. The van der Waals surface area contributed by atoms with Crippen LogP contribution < -0.4 is 11.1 Å². The van der Waals surface area contributed by atoms with Crippen LogP contribution in [0, 0.1) is 0 Å². The maximum Gasteiger partial charge on any atom is 0.416 e. The molecule has 0 spiro atoms. The molecule has 0 bridgehead atoms. The van der Waals surface area contributed by atoms with Crippen molar-refractivity contribution >= 4 is 11.7 Å². The molecule has 0 aliphatic rings. The van der Waals surface area contributed by atoms with Gasteiger partial charge in [-0.25, -0.2) is 4.98 Å². The molecular formula is C14H12F3N3O. The fourth-order valence-corrected chi connectivity index (χ4v) is 1.73. The molecule has 1 aromatic carbocycles. The molecule has 0 aliphatic heterocycles. The Balaban J connectivity index is 2.05. The minimum absolute atomic E-state index is 0.00895. The molecule has 2 aromatic rings. The van der Waals surface area contributed by atoms with E-state index >= 15 is 0 Å². The lowest BCUT2D eigenvalue weighted by Crippen LogP contribution is -2.23. The Bertz CT molecular complexity index is 656. The number of nitrogens with two attached hydrogens (primary N) is 1. The Morgan fingerprint density at radius 2 is 2.00 bits per heavy atom. The second kappa shape index (κ2) is 5.82. The monoisotopic (exact) mass is 295 g/mol. The Morgan fingerprint density at radius 1 is 1.24 bits per heavy atom. The molecular weight excluding hydrogens is 283 g/mol. The number of anilines is 1. The molecule has 0 unspecified atom stereocenters. The maximum atomic E-state index is 12.6. The number of benzene rings is 1. The third kappa shape index (κ3) is 3.95. The van der Waals surface area contributed by atoms with Crippen molar-refractivity contribution in [1.82, 2.24) is 10.3 Å². The van der Waals surface area contributed by atoms with Gasteiger partial charge in [0.05, 0.1) is 5.56 Å². The van der Waals surface area contributed by atoms with E-state index < -0.39 is 17.6 Å². The second-order valence-corrected chi connectivity index (χ2v) is 4.35. The van der Waals surface area contributed by atoms with Crippen LogP contribution in [0.3, 0.4) is 0 Å². The number of hydrogen-bond donors (Lipinski definition) is 2. The SMILES string of the molecule is Nc1cc(C(=O)NCc2cccc(C(F)(F)F)c2)ccn1. The third-order valence-corrected chi connectivity index (χ3v) is 2.75. The maximum absolute atomic E-state index is 12.6. The lowest BCUT2D eigenvalue weighted by atomic mass is 10.1. The van der Waals surface area contributed by atoms with Crippen molar-refractivity contribution in [2.24, 2.45) is 0 Å². The minimum atomic E-state index is -4.40. The van der Waals surface area contributed by atoms with Gasteiger partial charge in [0, 0.05) is 18.3 Å². The first kappa shape index (κ1) is 14.8. The van der Waals surface area contributed by atoms with Gasteiger partial charge in [-0.15, -0.1) is 0 Å². The molecule has 7 heteroatoms. The molecule has 1 heterocycles. The summed E-state index contributed by atoms with van der Waals surface area (Å²) in [6.07, 6.45) is -3.02. The summed E-state index contributed by atoms with van der Waals surface area (Å²) < 4.78 is 37.7. The van der Waals surface area contributed by atoms with Crippen LogP contribution in [0.2, 0.25) is 0 Å². The summed E-state index contributed by atoms with van der Waals surface area (Å²) in [6, 6.07) is 7.65. The number of alkyl halides is 3. The molecule has 3 N–H and O–H groups in total. The van der Waals surface area contributed by atoms with Crippen LogP contribution in [0.4, 0.5) is 19.0 Å². The first-order chi connectivity index (χ1) is 9.86. The summed E-state index contributed by atoms with van der Waals surface area (Å²) in [5, 5.41) is 2.53. The van der Waals surface area contributed by atoms with E-state index in [0.717, 1.165) is 12.1 Å². The first-order valence-corrected chi connectivity index (χ1v) is 6.02. The quantitative estimate of drug-likeness (QED) is 0.914. The molecule has 110 valence electrons. The predicted molar refractivity (Wildman–Crippen MR) is 71.3 cm³/mol. The normalized spacial score (nSPS) is 11.2. The Kier molecular flexibility index (Phi) is 4.11. The molecule has 0 radical (unpaired) electrons. The summed E-state index contributed by atoms with van der Waals surface area (Å²) in [7, 11) is 0. The number of nitrogens with zero attached hydrogens (tertiary/aromatic N) is 1. The van der Waals surface area contributed by atoms with Crippen LogP contribution >= 0.6 is 0 Å². The van der Waals surface area contributed by atoms with Gasteiger partial charge in [0.25, 0.3) is 5.91 Å². The summed E-state index contributed by atoms with van der Waals surface area (Å²) in [4.78, 5) is 15.6. The molecule has 0 atom stereocenters. The van der Waals surface area contributed by atoms with Crippen molar-refractivity contribution in [1.29, 1.82) is 0 Å². The van der Waals surface area contributed by atoms with Crippen molar-refractivity contribution in [3.8, 4) is 0 Å². The number of halogens is 3. The molecule has 21 heavy (non-hydrogen) atoms. The number of carbonyl (C=O) groups excluding carboxylic acids is 1. The van der Waals surface area contributed by atoms with E-state index in [9.17, 15) is 18.0 Å². The molecule has 0 aliphatic carbocycles. The zero-order valence-electron chi connectivity index (χ0n) is 10.8. The highest BCUT2D eigenvalue weighted by molar-refractivity contribution is 5.94. The van der Waals surface area contributed by atoms with E-state index in [0.29, 0.717) is 11.1 Å². The lowest BCUT2D eigenvalue weighted by molar-refractivity contribution is -0.137. The number of nitrogen functional groups attached to an aromatic ring is 1. The van der Waals surface area contributed by atoms with Gasteiger partial charge in [-0.05, 0) is 29.8 Å². The molecule has 1 amide bonds. The number of pyridine rings is 1. The van der Waals surface area contributed by atoms with E-state index in [-0.39, 0.29) is 12.4 Å². The van der Waals surface area contributed by atoms with Gasteiger partial charge in [0.2, 0.25) is 0 Å². The van der Waals surface area contributed by atoms with Gasteiger partial charge in [-0.3, -0.25) is 4.79 Å². The zero-order chi connectivity index (χ0) is 15.5. The average Bonchev–Trinajstić information content (AvgIpc) is 2.44. The molecule has 2 rings (SSSR count). The van der Waals surface area contributed by atoms with Gasteiger partial charge in [0.1, 0.15) is 5.82 Å². The second-order valence-electron chi connectivity index (χ2n) is 4.35. The van der Waals surface area contributed by atoms with Crippen molar-refractivity contribution < 1.29 is 18.0 Å². The zero-order valence-corrected chi connectivity index (χ0v) is 10.8. The topological polar surface area (TPSA) is 68.0 Å². The summed E-state index contributed by atoms with van der Waals surface area (Å²) in [6.45, 7) is -0.00895. The van der Waals surface area contributed by atoms with Gasteiger partial charge >= 0.3 is 6.18 Å². The highest BCUT2D eigenvalue weighted by Gasteiger charge is 2.30. The van der Waals surface area contributed by atoms with Crippen LogP contribution in [-0.2, 0) is 12.7 Å². The highest BCUT2D eigenvalue weighted by atomic mass is 19.4. The van der Waals surface area contributed by atoms with Gasteiger partial charge in [-0.2, -0.15) is 13.2 Å². The summed E-state index contributed by atoms with van der Waals surface area (Å²) >= 11 is 0. The van der Waals surface area contributed by atoms with E-state index in [4.69, 9.17) is 5.73 Å². The fourth-order valence-electron chi connectivity index (χ4n) is 1.73. The van der Waals surface area contributed by atoms with Crippen molar-refractivity contribution in [3.63, 3.8) is 0 Å². The largest absolute Gasteiger partial charge is 0.416 e. The average molecular weight is 295 g/mol. The van der Waals surface area contributed by atoms with Crippen LogP contribution in [0.15, 0.2) is 42.6 Å². The summed E-state index contributed by atoms with van der Waals surface area (Å²) in [5.41, 5.74) is 5.37. The van der Waals surface area contributed by atoms with E-state index in [1.165, 1.54) is 30.5 Å². The van der Waals surface area contributed by atoms with Gasteiger partial charge in [-0.1, -0.05) is 12.1 Å². The van der Waals surface area contributed by atoms with E-state index in [1.807, 2.05) is 0 Å². The van der Waals surface area contributed by atoms with Crippen LogP contribution in [0.1, 0.15) is 21.5 Å². The number of amides is 1.